The van der Waals surface area contributed by atoms with Gasteiger partial charge in [-0.05, 0) is 20.3 Å². The van der Waals surface area contributed by atoms with E-state index in [0.717, 1.165) is 11.2 Å². The molecule has 1 saturated heterocycles. The summed E-state index contributed by atoms with van der Waals surface area (Å²) in [7, 11) is 0. The summed E-state index contributed by atoms with van der Waals surface area (Å²) in [6.45, 7) is 3.46. The third-order valence-corrected chi connectivity index (χ3v) is 3.41. The number of hydrazine groups is 1. The number of nitrogens with zero attached hydrogens (tertiary/aromatic N) is 2. The number of anilines is 1. The molecule has 120 valence electrons. The number of nitrogens with one attached hydrogen (secondary N) is 2. The van der Waals surface area contributed by atoms with Crippen molar-refractivity contribution in [1.82, 2.24) is 15.4 Å². The van der Waals surface area contributed by atoms with Crippen molar-refractivity contribution >= 4 is 17.8 Å². The molecule has 2 heterocycles. The van der Waals surface area contributed by atoms with Gasteiger partial charge in [0.25, 0.3) is 5.56 Å². The fourth-order valence-electron chi connectivity index (χ4n) is 2.27. The van der Waals surface area contributed by atoms with E-state index in [0.29, 0.717) is 6.42 Å². The van der Waals surface area contributed by atoms with E-state index < -0.39 is 17.4 Å². The smallest absolute Gasteiger partial charge is 0.345 e. The van der Waals surface area contributed by atoms with Crippen LogP contribution in [0.5, 0.6) is 0 Å². The lowest BCUT2D eigenvalue weighted by Gasteiger charge is -2.14. The normalized spacial score (nSPS) is 21.2. The average molecular weight is 310 g/mol. The molecule has 1 aromatic rings. The second-order valence-electron chi connectivity index (χ2n) is 4.88. The van der Waals surface area contributed by atoms with Crippen LogP contribution in [0.3, 0.4) is 0 Å². The van der Waals surface area contributed by atoms with Crippen LogP contribution in [0.1, 0.15) is 30.6 Å². The van der Waals surface area contributed by atoms with E-state index in [-0.39, 0.29) is 36.7 Å². The lowest BCUT2D eigenvalue weighted by atomic mass is 9.99. The van der Waals surface area contributed by atoms with E-state index in [4.69, 9.17) is 9.84 Å². The fraction of sp³-hybridized carbons (Fsp3) is 0.538. The molecule has 0 radical (unpaired) electrons. The molecule has 1 amide bonds. The van der Waals surface area contributed by atoms with Crippen molar-refractivity contribution in [3.8, 4) is 0 Å². The number of hydrogen-bond acceptors (Lipinski definition) is 7. The van der Waals surface area contributed by atoms with Gasteiger partial charge >= 0.3 is 5.97 Å². The number of H-pyrrole nitrogens is 1. The van der Waals surface area contributed by atoms with Crippen molar-refractivity contribution in [1.29, 1.82) is 0 Å². The highest BCUT2D eigenvalue weighted by Crippen LogP contribution is 2.21. The summed E-state index contributed by atoms with van der Waals surface area (Å²) in [6, 6.07) is -0.199. The molecule has 0 saturated carbocycles. The molecule has 2 unspecified atom stereocenters. The van der Waals surface area contributed by atoms with E-state index in [1.165, 1.54) is 0 Å². The molecule has 3 N–H and O–H groups in total. The Hall–Kier alpha value is -2.26. The van der Waals surface area contributed by atoms with Gasteiger partial charge in [0.15, 0.2) is 0 Å². The van der Waals surface area contributed by atoms with Crippen LogP contribution >= 0.6 is 0 Å². The van der Waals surface area contributed by atoms with Crippen LogP contribution in [-0.4, -0.2) is 46.2 Å². The number of rotatable bonds is 5. The fourth-order valence-corrected chi connectivity index (χ4v) is 2.27. The van der Waals surface area contributed by atoms with Crippen molar-refractivity contribution in [3.05, 3.63) is 22.1 Å². The van der Waals surface area contributed by atoms with Crippen molar-refractivity contribution in [3.63, 3.8) is 0 Å². The van der Waals surface area contributed by atoms with Crippen molar-refractivity contribution in [2.75, 3.05) is 18.2 Å². The van der Waals surface area contributed by atoms with Gasteiger partial charge in [-0.1, -0.05) is 0 Å². The van der Waals surface area contributed by atoms with E-state index >= 15 is 0 Å². The maximum atomic E-state index is 12.2. The molecule has 0 aliphatic carbocycles. The lowest BCUT2D eigenvalue weighted by molar-refractivity contribution is -0.121. The van der Waals surface area contributed by atoms with Gasteiger partial charge in [0.1, 0.15) is 5.56 Å². The highest BCUT2D eigenvalue weighted by Gasteiger charge is 2.39. The van der Waals surface area contributed by atoms with Gasteiger partial charge in [0.2, 0.25) is 11.9 Å². The minimum absolute atomic E-state index is 0.00432. The zero-order valence-corrected chi connectivity index (χ0v) is 12.3. The number of aromatic amines is 1. The molecule has 22 heavy (non-hydrogen) atoms. The maximum Gasteiger partial charge on any atom is 0.345 e. The van der Waals surface area contributed by atoms with Crippen molar-refractivity contribution in [2.45, 2.75) is 26.3 Å². The Morgan fingerprint density at radius 2 is 2.23 bits per heavy atom. The van der Waals surface area contributed by atoms with Gasteiger partial charge in [-0.25, -0.2) is 20.2 Å². The largest absolute Gasteiger partial charge is 0.462 e. The highest BCUT2D eigenvalue weighted by atomic mass is 16.5. The summed E-state index contributed by atoms with van der Waals surface area (Å²) in [4.78, 5) is 42.0. The van der Waals surface area contributed by atoms with Crippen LogP contribution in [0.15, 0.2) is 11.0 Å². The quantitative estimate of drug-likeness (QED) is 0.607. The van der Waals surface area contributed by atoms with Crippen molar-refractivity contribution in [2.24, 2.45) is 5.92 Å². The van der Waals surface area contributed by atoms with Crippen LogP contribution < -0.4 is 16.0 Å². The number of aliphatic hydroxyl groups excluding tert-OH is 1. The van der Waals surface area contributed by atoms with Gasteiger partial charge in [-0.15, -0.1) is 0 Å². The molecule has 9 nitrogen and oxygen atoms in total. The summed E-state index contributed by atoms with van der Waals surface area (Å²) in [5.74, 6) is -1.47. The number of esters is 1. The Morgan fingerprint density at radius 3 is 2.82 bits per heavy atom. The zero-order valence-electron chi connectivity index (χ0n) is 12.3. The molecule has 2 atom stereocenters. The Morgan fingerprint density at radius 1 is 1.50 bits per heavy atom. The molecule has 1 fully saturated rings. The Balaban J connectivity index is 2.24. The van der Waals surface area contributed by atoms with Gasteiger partial charge in [0, 0.05) is 12.6 Å². The summed E-state index contributed by atoms with van der Waals surface area (Å²) in [6.07, 6.45) is 1.39. The first-order valence-electron chi connectivity index (χ1n) is 6.97. The predicted octanol–water partition coefficient (Wildman–Crippen LogP) is -0.815. The van der Waals surface area contributed by atoms with E-state index in [1.807, 2.05) is 0 Å². The summed E-state index contributed by atoms with van der Waals surface area (Å²) in [5, 5.41) is 10.1. The number of amides is 1. The Bertz CT molecular complexity index is 629. The number of aliphatic hydroxyl groups is 1. The number of carbonyl (C=O) groups is 2. The van der Waals surface area contributed by atoms with Gasteiger partial charge in [-0.3, -0.25) is 14.6 Å². The van der Waals surface area contributed by atoms with Crippen molar-refractivity contribution < 1.29 is 19.4 Å². The molecule has 0 spiro atoms. The molecule has 2 rings (SSSR count). The second kappa shape index (κ2) is 6.67. The average Bonchev–Trinajstić information content (AvgIpc) is 2.76. The molecule has 0 aromatic carbocycles. The topological polar surface area (TPSA) is 125 Å². The monoisotopic (exact) mass is 310 g/mol. The number of hydrogen-bond donors (Lipinski definition) is 3. The Labute approximate surface area is 126 Å². The second-order valence-corrected chi connectivity index (χ2v) is 4.88. The maximum absolute atomic E-state index is 12.2. The molecule has 1 aromatic heterocycles. The van der Waals surface area contributed by atoms with E-state index in [2.05, 4.69) is 15.4 Å². The minimum Gasteiger partial charge on any atom is -0.462 e. The molecular weight excluding hydrogens is 292 g/mol. The first kappa shape index (κ1) is 16.1. The molecule has 1 aliphatic heterocycles. The first-order valence-corrected chi connectivity index (χ1v) is 6.97. The number of aromatic nitrogens is 2. The molecule has 1 aliphatic rings. The highest BCUT2D eigenvalue weighted by molar-refractivity contribution is 5.95. The van der Waals surface area contributed by atoms with E-state index in [9.17, 15) is 14.4 Å². The van der Waals surface area contributed by atoms with Crippen LogP contribution in [-0.2, 0) is 9.53 Å². The summed E-state index contributed by atoms with van der Waals surface area (Å²) in [5.41, 5.74) is 1.97. The number of ether oxygens (including phenoxy) is 1. The molecule has 0 bridgehead atoms. The van der Waals surface area contributed by atoms with Gasteiger partial charge < -0.3 is 9.84 Å². The van der Waals surface area contributed by atoms with Crippen LogP contribution in [0, 0.1) is 5.92 Å². The standard InChI is InChI=1S/C13H18N4O5/c1-3-22-12(21)9-6-14-13(15-10(9)19)17-11(20)8(4-5-18)7(2)16-17/h6-8,16,18H,3-5H2,1-2H3,(H,14,15,19). The van der Waals surface area contributed by atoms with E-state index in [1.54, 1.807) is 13.8 Å². The third-order valence-electron chi connectivity index (χ3n) is 3.41. The summed E-state index contributed by atoms with van der Waals surface area (Å²) >= 11 is 0. The third kappa shape index (κ3) is 3.00. The molecular formula is C13H18N4O5. The number of carbonyl (C=O) groups excluding carboxylic acids is 2. The minimum atomic E-state index is -0.768. The first-order chi connectivity index (χ1) is 10.5. The SMILES string of the molecule is CCOC(=O)c1cnc(N2NC(C)C(CCO)C2=O)[nH]c1=O. The van der Waals surface area contributed by atoms with Gasteiger partial charge in [0.05, 0.1) is 18.7 Å². The molecule has 9 heteroatoms. The summed E-state index contributed by atoms with van der Waals surface area (Å²) < 4.78 is 4.74. The van der Waals surface area contributed by atoms with Gasteiger partial charge in [-0.2, -0.15) is 0 Å². The predicted molar refractivity (Wildman–Crippen MR) is 76.1 cm³/mol. The van der Waals surface area contributed by atoms with Crippen LogP contribution in [0.4, 0.5) is 5.95 Å². The van der Waals surface area contributed by atoms with Crippen LogP contribution in [0.25, 0.3) is 0 Å². The van der Waals surface area contributed by atoms with Crippen LogP contribution in [0.2, 0.25) is 0 Å². The Kier molecular flexibility index (Phi) is 4.88. The zero-order chi connectivity index (χ0) is 16.3. The lowest BCUT2D eigenvalue weighted by Crippen LogP contribution is -2.39.